The molecule has 35 heavy (non-hydrogen) atoms. The molecule has 2 amide bonds. The van der Waals surface area contributed by atoms with E-state index in [1.807, 2.05) is 24.3 Å². The zero-order valence-corrected chi connectivity index (χ0v) is 20.1. The van der Waals surface area contributed by atoms with E-state index < -0.39 is 5.91 Å². The number of rotatable bonds is 11. The van der Waals surface area contributed by atoms with Crippen LogP contribution in [-0.2, 0) is 4.79 Å². The molecule has 0 bridgehead atoms. The first kappa shape index (κ1) is 24.6. The summed E-state index contributed by atoms with van der Waals surface area (Å²) in [7, 11) is 0. The van der Waals surface area contributed by atoms with Crippen molar-refractivity contribution in [3.63, 3.8) is 0 Å². The number of ether oxygens (including phenoxy) is 2. The molecule has 1 saturated heterocycles. The number of amides is 2. The monoisotopic (exact) mass is 475 g/mol. The third kappa shape index (κ3) is 6.33. The molecule has 184 valence electrons. The number of primary amides is 1. The SMILES string of the molecule is N#CCCCCCOc1ccc([C@H]2CC(=O)N(c3cccc(C(N)=O)c3)C2)cc1OC1CCCC1. The Bertz CT molecular complexity index is 1090. The number of nitrogens with two attached hydrogens (primary N) is 1. The fourth-order valence-corrected chi connectivity index (χ4v) is 4.85. The zero-order valence-electron chi connectivity index (χ0n) is 20.1. The molecule has 2 aromatic rings. The Kier molecular flexibility index (Phi) is 8.25. The fraction of sp³-hybridized carbons (Fsp3) is 0.464. The minimum Gasteiger partial charge on any atom is -0.490 e. The molecule has 4 rings (SSSR count). The highest BCUT2D eigenvalue weighted by Gasteiger charge is 2.32. The van der Waals surface area contributed by atoms with E-state index in [-0.39, 0.29) is 17.9 Å². The molecule has 1 heterocycles. The summed E-state index contributed by atoms with van der Waals surface area (Å²) in [5.41, 5.74) is 7.54. The van der Waals surface area contributed by atoms with E-state index in [2.05, 4.69) is 6.07 Å². The third-order valence-electron chi connectivity index (χ3n) is 6.79. The molecular formula is C28H33N3O4. The molecule has 2 N–H and O–H groups in total. The van der Waals surface area contributed by atoms with Gasteiger partial charge in [0, 0.05) is 36.6 Å². The van der Waals surface area contributed by atoms with Gasteiger partial charge in [0.2, 0.25) is 11.8 Å². The van der Waals surface area contributed by atoms with Crippen LogP contribution in [0.5, 0.6) is 11.5 Å². The molecule has 1 aliphatic carbocycles. The van der Waals surface area contributed by atoms with Gasteiger partial charge in [0.25, 0.3) is 0 Å². The first-order chi connectivity index (χ1) is 17.0. The van der Waals surface area contributed by atoms with Gasteiger partial charge < -0.3 is 20.1 Å². The first-order valence-electron chi connectivity index (χ1n) is 12.6. The summed E-state index contributed by atoms with van der Waals surface area (Å²) in [6.45, 7) is 1.11. The molecule has 0 spiro atoms. The molecule has 2 fully saturated rings. The van der Waals surface area contributed by atoms with Gasteiger partial charge in [0.15, 0.2) is 11.5 Å². The van der Waals surface area contributed by atoms with Gasteiger partial charge in [0.1, 0.15) is 0 Å². The van der Waals surface area contributed by atoms with Crippen LogP contribution in [0.25, 0.3) is 0 Å². The number of hydrogen-bond acceptors (Lipinski definition) is 5. The summed E-state index contributed by atoms with van der Waals surface area (Å²) in [6.07, 6.45) is 8.35. The summed E-state index contributed by atoms with van der Waals surface area (Å²) >= 11 is 0. The maximum atomic E-state index is 12.9. The second-order valence-corrected chi connectivity index (χ2v) is 9.37. The normalized spacial score (nSPS) is 18.0. The number of carbonyl (C=O) groups is 2. The van der Waals surface area contributed by atoms with E-state index in [1.54, 1.807) is 23.1 Å². The van der Waals surface area contributed by atoms with Gasteiger partial charge in [-0.25, -0.2) is 0 Å². The molecule has 7 nitrogen and oxygen atoms in total. The van der Waals surface area contributed by atoms with Crippen LogP contribution in [0.15, 0.2) is 42.5 Å². The van der Waals surface area contributed by atoms with E-state index in [4.69, 9.17) is 20.5 Å². The average Bonchev–Trinajstić information content (AvgIpc) is 3.51. The molecular weight excluding hydrogens is 442 g/mol. The lowest BCUT2D eigenvalue weighted by molar-refractivity contribution is -0.117. The second-order valence-electron chi connectivity index (χ2n) is 9.37. The maximum absolute atomic E-state index is 12.9. The van der Waals surface area contributed by atoms with Gasteiger partial charge in [-0.15, -0.1) is 0 Å². The Morgan fingerprint density at radius 3 is 2.69 bits per heavy atom. The highest BCUT2D eigenvalue weighted by Crippen LogP contribution is 2.38. The fourth-order valence-electron chi connectivity index (χ4n) is 4.85. The lowest BCUT2D eigenvalue weighted by Gasteiger charge is -2.20. The number of hydrogen-bond donors (Lipinski definition) is 1. The smallest absolute Gasteiger partial charge is 0.248 e. The topological polar surface area (TPSA) is 106 Å². The summed E-state index contributed by atoms with van der Waals surface area (Å²) in [6, 6.07) is 15.1. The Labute approximate surface area is 206 Å². The standard InChI is InChI=1S/C28H33N3O4/c29-14-5-1-2-6-15-34-25-13-12-20(17-26(25)35-24-10-3-4-11-24)22-18-27(32)31(19-22)23-9-7-8-21(16-23)28(30)33/h7-9,12-13,16-17,22,24H,1-6,10-11,15,18-19H2,(H2,30,33)/t22-/m0/s1. The zero-order chi connectivity index (χ0) is 24.6. The van der Waals surface area contributed by atoms with Crippen molar-refractivity contribution >= 4 is 17.5 Å². The molecule has 0 radical (unpaired) electrons. The van der Waals surface area contributed by atoms with E-state index in [0.717, 1.165) is 49.2 Å². The van der Waals surface area contributed by atoms with Crippen LogP contribution < -0.4 is 20.1 Å². The van der Waals surface area contributed by atoms with Crippen LogP contribution in [0.3, 0.4) is 0 Å². The van der Waals surface area contributed by atoms with Crippen molar-refractivity contribution < 1.29 is 19.1 Å². The van der Waals surface area contributed by atoms with Gasteiger partial charge in [-0.2, -0.15) is 5.26 Å². The van der Waals surface area contributed by atoms with Crippen LogP contribution in [0, 0.1) is 11.3 Å². The Hall–Kier alpha value is -3.53. The van der Waals surface area contributed by atoms with Crippen molar-refractivity contribution in [3.8, 4) is 17.6 Å². The van der Waals surface area contributed by atoms with E-state index >= 15 is 0 Å². The molecule has 0 unspecified atom stereocenters. The highest BCUT2D eigenvalue weighted by molar-refractivity contribution is 5.99. The summed E-state index contributed by atoms with van der Waals surface area (Å²) in [5, 5.41) is 8.68. The minimum atomic E-state index is -0.510. The van der Waals surface area contributed by atoms with Crippen molar-refractivity contribution in [2.45, 2.75) is 69.8 Å². The van der Waals surface area contributed by atoms with Gasteiger partial charge in [-0.05, 0) is 80.8 Å². The van der Waals surface area contributed by atoms with Crippen LogP contribution >= 0.6 is 0 Å². The van der Waals surface area contributed by atoms with Crippen LogP contribution in [-0.4, -0.2) is 31.1 Å². The first-order valence-corrected chi connectivity index (χ1v) is 12.6. The molecule has 2 aromatic carbocycles. The van der Waals surface area contributed by atoms with Crippen LogP contribution in [0.1, 0.15) is 79.6 Å². The van der Waals surface area contributed by atoms with Gasteiger partial charge in [0.05, 0.1) is 18.8 Å². The van der Waals surface area contributed by atoms with Gasteiger partial charge in [-0.1, -0.05) is 12.1 Å². The summed E-state index contributed by atoms with van der Waals surface area (Å²) in [4.78, 5) is 26.1. The van der Waals surface area contributed by atoms with E-state index in [1.165, 1.54) is 12.8 Å². The van der Waals surface area contributed by atoms with Gasteiger partial charge >= 0.3 is 0 Å². The van der Waals surface area contributed by atoms with E-state index in [0.29, 0.717) is 37.2 Å². The predicted molar refractivity (Wildman–Crippen MR) is 134 cm³/mol. The lowest BCUT2D eigenvalue weighted by Crippen LogP contribution is -2.24. The maximum Gasteiger partial charge on any atom is 0.248 e. The molecule has 1 atom stereocenters. The Morgan fingerprint density at radius 1 is 1.09 bits per heavy atom. The molecule has 2 aliphatic rings. The van der Waals surface area contributed by atoms with Crippen molar-refractivity contribution in [2.24, 2.45) is 5.73 Å². The number of benzene rings is 2. The molecule has 7 heteroatoms. The number of nitriles is 1. The molecule has 0 aromatic heterocycles. The predicted octanol–water partition coefficient (Wildman–Crippen LogP) is 5.09. The lowest BCUT2D eigenvalue weighted by atomic mass is 9.98. The largest absolute Gasteiger partial charge is 0.490 e. The van der Waals surface area contributed by atoms with Crippen LogP contribution in [0.2, 0.25) is 0 Å². The van der Waals surface area contributed by atoms with Crippen molar-refractivity contribution in [3.05, 3.63) is 53.6 Å². The minimum absolute atomic E-state index is 0.0192. The summed E-state index contributed by atoms with van der Waals surface area (Å²) in [5.74, 6) is 1.01. The molecule has 1 aliphatic heterocycles. The van der Waals surface area contributed by atoms with Crippen LogP contribution in [0.4, 0.5) is 5.69 Å². The number of anilines is 1. The van der Waals surface area contributed by atoms with E-state index in [9.17, 15) is 9.59 Å². The second kappa shape index (κ2) is 11.7. The third-order valence-corrected chi connectivity index (χ3v) is 6.79. The summed E-state index contributed by atoms with van der Waals surface area (Å²) < 4.78 is 12.4. The van der Waals surface area contributed by atoms with Crippen molar-refractivity contribution in [2.75, 3.05) is 18.1 Å². The van der Waals surface area contributed by atoms with Crippen molar-refractivity contribution in [1.29, 1.82) is 5.26 Å². The molecule has 1 saturated carbocycles. The highest BCUT2D eigenvalue weighted by atomic mass is 16.5. The van der Waals surface area contributed by atoms with Gasteiger partial charge in [-0.3, -0.25) is 9.59 Å². The quantitative estimate of drug-likeness (QED) is 0.456. The Balaban J connectivity index is 1.47. The number of unbranched alkanes of at least 4 members (excludes halogenated alkanes) is 3. The number of nitrogens with zero attached hydrogens (tertiary/aromatic N) is 2. The average molecular weight is 476 g/mol. The Morgan fingerprint density at radius 2 is 1.91 bits per heavy atom. The number of carbonyl (C=O) groups excluding carboxylic acids is 2. The van der Waals surface area contributed by atoms with Crippen molar-refractivity contribution in [1.82, 2.24) is 0 Å².